The van der Waals surface area contributed by atoms with Crippen molar-refractivity contribution in [1.29, 1.82) is 0 Å². The van der Waals surface area contributed by atoms with Crippen molar-refractivity contribution < 1.29 is 14.7 Å². The van der Waals surface area contributed by atoms with E-state index in [1.54, 1.807) is 0 Å². The number of Topliss-reactive ketones (excluding diaryl/α,β-unsaturated/α-hetero) is 1. The van der Waals surface area contributed by atoms with Gasteiger partial charge in [-0.3, -0.25) is 9.59 Å². The molecule has 0 radical (unpaired) electrons. The van der Waals surface area contributed by atoms with Crippen LogP contribution in [0.25, 0.3) is 0 Å². The topological polar surface area (TPSA) is 54.4 Å². The summed E-state index contributed by atoms with van der Waals surface area (Å²) in [6, 6.07) is 1.88. The highest BCUT2D eigenvalue weighted by Crippen LogP contribution is 2.42. The Kier molecular flexibility index (Phi) is 2.15. The number of carbonyl (C=O) groups excluding carboxylic acids is 1. The zero-order chi connectivity index (χ0) is 10.3. The molecule has 4 heteroatoms. The van der Waals surface area contributed by atoms with Crippen LogP contribution in [0, 0.1) is 18.8 Å². The highest BCUT2D eigenvalue weighted by atomic mass is 32.1. The molecule has 3 nitrogen and oxygen atoms in total. The third-order valence-electron chi connectivity index (χ3n) is 2.53. The second-order valence-corrected chi connectivity index (χ2v) is 4.50. The van der Waals surface area contributed by atoms with E-state index in [1.165, 1.54) is 11.3 Å². The summed E-state index contributed by atoms with van der Waals surface area (Å²) in [7, 11) is 0. The molecule has 1 saturated carbocycles. The van der Waals surface area contributed by atoms with E-state index in [0.717, 1.165) is 10.4 Å². The van der Waals surface area contributed by atoms with Gasteiger partial charge in [-0.25, -0.2) is 0 Å². The molecule has 0 bridgehead atoms. The quantitative estimate of drug-likeness (QED) is 0.776. The molecule has 2 unspecified atom stereocenters. The molecular weight excluding hydrogens is 200 g/mol. The standard InChI is InChI=1S/C10H10O3S/c1-5-2-3-14-9(5)8(11)6-4-7(6)10(12)13/h2-3,6-7H,4H2,1H3,(H,12,13). The predicted molar refractivity (Wildman–Crippen MR) is 52.6 cm³/mol. The first kappa shape index (κ1) is 9.40. The number of aryl methyl sites for hydroxylation is 1. The zero-order valence-corrected chi connectivity index (χ0v) is 8.50. The number of ketones is 1. The van der Waals surface area contributed by atoms with Gasteiger partial charge >= 0.3 is 5.97 Å². The van der Waals surface area contributed by atoms with Gasteiger partial charge in [0, 0.05) is 5.92 Å². The number of carboxylic acids is 1. The SMILES string of the molecule is Cc1ccsc1C(=O)C1CC1C(=O)O. The monoisotopic (exact) mass is 210 g/mol. The highest BCUT2D eigenvalue weighted by Gasteiger charge is 2.48. The van der Waals surface area contributed by atoms with E-state index < -0.39 is 11.9 Å². The van der Waals surface area contributed by atoms with Gasteiger partial charge in [0.1, 0.15) is 0 Å². The molecule has 0 aliphatic heterocycles. The van der Waals surface area contributed by atoms with Crippen LogP contribution in [-0.2, 0) is 4.79 Å². The lowest BCUT2D eigenvalue weighted by Crippen LogP contribution is -2.07. The average molecular weight is 210 g/mol. The Morgan fingerprint density at radius 2 is 2.21 bits per heavy atom. The van der Waals surface area contributed by atoms with Gasteiger partial charge in [0.15, 0.2) is 5.78 Å². The predicted octanol–water partition coefficient (Wildman–Crippen LogP) is 1.96. The summed E-state index contributed by atoms with van der Waals surface area (Å²) in [5.74, 6) is -1.56. The Bertz CT molecular complexity index is 394. The molecule has 2 atom stereocenters. The van der Waals surface area contributed by atoms with Crippen LogP contribution in [0.1, 0.15) is 21.7 Å². The molecule has 14 heavy (non-hydrogen) atoms. The van der Waals surface area contributed by atoms with E-state index in [-0.39, 0.29) is 11.7 Å². The van der Waals surface area contributed by atoms with Crippen LogP contribution in [0.15, 0.2) is 11.4 Å². The number of carboxylic acid groups (broad SMARTS) is 1. The van der Waals surface area contributed by atoms with Crippen LogP contribution >= 0.6 is 11.3 Å². The molecule has 0 aromatic carbocycles. The Labute approximate surface area is 85.4 Å². The summed E-state index contributed by atoms with van der Waals surface area (Å²) in [5.41, 5.74) is 0.955. The van der Waals surface area contributed by atoms with Crippen molar-refractivity contribution in [2.24, 2.45) is 11.8 Å². The normalized spacial score (nSPS) is 24.6. The van der Waals surface area contributed by atoms with Gasteiger partial charge in [-0.15, -0.1) is 11.3 Å². The maximum absolute atomic E-state index is 11.8. The van der Waals surface area contributed by atoms with Crippen molar-refractivity contribution in [1.82, 2.24) is 0 Å². The van der Waals surface area contributed by atoms with Gasteiger partial charge in [0.2, 0.25) is 0 Å². The Hall–Kier alpha value is -1.16. The summed E-state index contributed by atoms with van der Waals surface area (Å²) in [4.78, 5) is 23.1. The maximum atomic E-state index is 11.8. The lowest BCUT2D eigenvalue weighted by atomic mass is 10.1. The minimum Gasteiger partial charge on any atom is -0.481 e. The lowest BCUT2D eigenvalue weighted by molar-refractivity contribution is -0.138. The van der Waals surface area contributed by atoms with Crippen LogP contribution in [0.2, 0.25) is 0 Å². The van der Waals surface area contributed by atoms with E-state index in [9.17, 15) is 9.59 Å². The maximum Gasteiger partial charge on any atom is 0.307 e. The molecule has 1 aromatic heterocycles. The lowest BCUT2D eigenvalue weighted by Gasteiger charge is -1.96. The number of aliphatic carboxylic acids is 1. The fourth-order valence-electron chi connectivity index (χ4n) is 1.55. The van der Waals surface area contributed by atoms with Gasteiger partial charge in [0.25, 0.3) is 0 Å². The van der Waals surface area contributed by atoms with E-state index in [1.807, 2.05) is 18.4 Å². The van der Waals surface area contributed by atoms with Crippen LogP contribution in [0.5, 0.6) is 0 Å². The van der Waals surface area contributed by atoms with Gasteiger partial charge in [0.05, 0.1) is 10.8 Å². The largest absolute Gasteiger partial charge is 0.481 e. The number of thiophene rings is 1. The second kappa shape index (κ2) is 3.20. The van der Waals surface area contributed by atoms with Crippen molar-refractivity contribution in [2.75, 3.05) is 0 Å². The van der Waals surface area contributed by atoms with Gasteiger partial charge < -0.3 is 5.11 Å². The van der Waals surface area contributed by atoms with Crippen molar-refractivity contribution >= 4 is 23.1 Å². The van der Waals surface area contributed by atoms with E-state index in [0.29, 0.717) is 6.42 Å². The number of hydrogen-bond acceptors (Lipinski definition) is 3. The van der Waals surface area contributed by atoms with Crippen molar-refractivity contribution in [3.8, 4) is 0 Å². The molecule has 1 heterocycles. The van der Waals surface area contributed by atoms with Crippen molar-refractivity contribution in [3.05, 3.63) is 21.9 Å². The van der Waals surface area contributed by atoms with Gasteiger partial charge in [-0.2, -0.15) is 0 Å². The van der Waals surface area contributed by atoms with Gasteiger partial charge in [-0.05, 0) is 30.4 Å². The van der Waals surface area contributed by atoms with Crippen LogP contribution in [-0.4, -0.2) is 16.9 Å². The van der Waals surface area contributed by atoms with E-state index in [2.05, 4.69) is 0 Å². The molecule has 0 amide bonds. The first-order chi connectivity index (χ1) is 6.61. The second-order valence-electron chi connectivity index (χ2n) is 3.58. The van der Waals surface area contributed by atoms with Gasteiger partial charge in [-0.1, -0.05) is 0 Å². The first-order valence-electron chi connectivity index (χ1n) is 4.42. The summed E-state index contributed by atoms with van der Waals surface area (Å²) in [6.45, 7) is 1.88. The molecule has 1 aliphatic rings. The number of carbonyl (C=O) groups is 2. The average Bonchev–Trinajstić information content (AvgIpc) is 2.82. The third-order valence-corrected chi connectivity index (χ3v) is 3.56. The molecule has 74 valence electrons. The highest BCUT2D eigenvalue weighted by molar-refractivity contribution is 7.12. The number of hydrogen-bond donors (Lipinski definition) is 1. The zero-order valence-electron chi connectivity index (χ0n) is 7.69. The molecule has 0 saturated heterocycles. The molecular formula is C10H10O3S. The molecule has 0 spiro atoms. The molecule has 1 aromatic rings. The first-order valence-corrected chi connectivity index (χ1v) is 5.30. The Morgan fingerprint density at radius 3 is 2.64 bits per heavy atom. The van der Waals surface area contributed by atoms with E-state index >= 15 is 0 Å². The van der Waals surface area contributed by atoms with Crippen molar-refractivity contribution in [2.45, 2.75) is 13.3 Å². The minimum atomic E-state index is -0.849. The fraction of sp³-hybridized carbons (Fsp3) is 0.400. The molecule has 1 aliphatic carbocycles. The van der Waals surface area contributed by atoms with Crippen molar-refractivity contribution in [3.63, 3.8) is 0 Å². The summed E-state index contributed by atoms with van der Waals surface area (Å²) in [5, 5.41) is 10.6. The summed E-state index contributed by atoms with van der Waals surface area (Å²) < 4.78 is 0. The van der Waals surface area contributed by atoms with Crippen LogP contribution in [0.4, 0.5) is 0 Å². The summed E-state index contributed by atoms with van der Waals surface area (Å²) >= 11 is 1.40. The van der Waals surface area contributed by atoms with Crippen LogP contribution < -0.4 is 0 Å². The smallest absolute Gasteiger partial charge is 0.307 e. The minimum absolute atomic E-state index is 0.00454. The van der Waals surface area contributed by atoms with E-state index in [4.69, 9.17) is 5.11 Å². The fourth-order valence-corrected chi connectivity index (χ4v) is 2.48. The molecule has 1 fully saturated rings. The Balaban J connectivity index is 2.12. The third kappa shape index (κ3) is 1.46. The number of rotatable bonds is 3. The molecule has 2 rings (SSSR count). The Morgan fingerprint density at radius 1 is 1.50 bits per heavy atom. The molecule has 1 N–H and O–H groups in total. The van der Waals surface area contributed by atoms with Crippen LogP contribution in [0.3, 0.4) is 0 Å². The summed E-state index contributed by atoms with van der Waals surface area (Å²) in [6.07, 6.45) is 0.505.